The Labute approximate surface area is 266 Å². The molecule has 8 heteroatoms. The van der Waals surface area contributed by atoms with Gasteiger partial charge >= 0.3 is 0 Å². The fraction of sp³-hybridized carbons (Fsp3) is 0.135. The van der Waals surface area contributed by atoms with Crippen molar-refractivity contribution >= 4 is 35.3 Å². The molecule has 222 valence electrons. The van der Waals surface area contributed by atoms with Crippen molar-refractivity contribution in [2.24, 2.45) is 0 Å². The van der Waals surface area contributed by atoms with Crippen LogP contribution < -0.4 is 5.32 Å². The van der Waals surface area contributed by atoms with Gasteiger partial charge in [-0.25, -0.2) is 0 Å². The topological polar surface area (TPSA) is 95.2 Å². The Bertz CT molecular complexity index is 1880. The second-order valence-electron chi connectivity index (χ2n) is 10.7. The first kappa shape index (κ1) is 29.7. The quantitative estimate of drug-likeness (QED) is 0.170. The second-order valence-corrected chi connectivity index (χ2v) is 11.7. The number of aromatic nitrogens is 1. The molecule has 7 nitrogen and oxygen atoms in total. The fourth-order valence-corrected chi connectivity index (χ4v) is 6.32. The molecule has 1 aromatic heterocycles. The largest absolute Gasteiger partial charge is 0.321 e. The summed E-state index contributed by atoms with van der Waals surface area (Å²) in [4.78, 5) is 42.4. The van der Waals surface area contributed by atoms with Gasteiger partial charge in [-0.15, -0.1) is 0 Å². The van der Waals surface area contributed by atoms with E-state index in [1.54, 1.807) is 24.3 Å². The van der Waals surface area contributed by atoms with Gasteiger partial charge in [0, 0.05) is 12.1 Å². The Hall–Kier alpha value is -5.39. The average Bonchev–Trinajstić information content (AvgIpc) is 3.52. The number of fused-ring (bicyclic) bond motifs is 1. The summed E-state index contributed by atoms with van der Waals surface area (Å²) in [7, 11) is 0. The highest BCUT2D eigenvalue weighted by atomic mass is 32.2. The van der Waals surface area contributed by atoms with Crippen molar-refractivity contribution in [3.63, 3.8) is 0 Å². The zero-order chi connectivity index (χ0) is 31.3. The number of hydrogen-bond donors (Lipinski definition) is 1. The smallest absolute Gasteiger partial charge is 0.262 e. The molecule has 0 saturated carbocycles. The standard InChI is InChI=1S/C37H30N4O3S/c1-45-22-21-31(41-36(43)28-19-11-12-20-29(28)37(41)44)35(42)39-34-30(23-38)32(26-15-7-3-8-16-26)33(27-17-9-4-10-18-27)40(34)24-25-13-5-2-6-14-25/h2-20,31H,21-22,24H2,1H3,(H,39,42). The summed E-state index contributed by atoms with van der Waals surface area (Å²) in [6.07, 6.45) is 2.17. The van der Waals surface area contributed by atoms with Crippen molar-refractivity contribution < 1.29 is 14.4 Å². The monoisotopic (exact) mass is 610 g/mol. The number of benzene rings is 4. The molecule has 0 radical (unpaired) electrons. The van der Waals surface area contributed by atoms with E-state index in [0.29, 0.717) is 29.2 Å². The Morgan fingerprint density at radius 2 is 1.33 bits per heavy atom. The van der Waals surface area contributed by atoms with E-state index < -0.39 is 23.8 Å². The molecule has 2 heterocycles. The van der Waals surface area contributed by atoms with Gasteiger partial charge in [0.15, 0.2) is 0 Å². The summed E-state index contributed by atoms with van der Waals surface area (Å²) in [5.74, 6) is -0.651. The fourth-order valence-electron chi connectivity index (χ4n) is 5.86. The average molecular weight is 611 g/mol. The zero-order valence-electron chi connectivity index (χ0n) is 24.6. The van der Waals surface area contributed by atoms with Gasteiger partial charge in [-0.1, -0.05) is 103 Å². The predicted octanol–water partition coefficient (Wildman–Crippen LogP) is 7.10. The lowest BCUT2D eigenvalue weighted by molar-refractivity contribution is -0.120. The third kappa shape index (κ3) is 5.66. The van der Waals surface area contributed by atoms with Gasteiger partial charge < -0.3 is 9.88 Å². The molecule has 1 aliphatic heterocycles. The minimum absolute atomic E-state index is 0.261. The first-order valence-electron chi connectivity index (χ1n) is 14.6. The second kappa shape index (κ2) is 13.1. The summed E-state index contributed by atoms with van der Waals surface area (Å²) in [5, 5.41) is 13.7. The first-order valence-corrected chi connectivity index (χ1v) is 16.0. The molecule has 6 rings (SSSR count). The van der Waals surface area contributed by atoms with Crippen molar-refractivity contribution in [1.29, 1.82) is 5.26 Å². The van der Waals surface area contributed by atoms with E-state index in [1.165, 1.54) is 11.8 Å². The summed E-state index contributed by atoms with van der Waals surface area (Å²) in [6.45, 7) is 0.366. The molecule has 5 aromatic rings. The molecule has 3 amide bonds. The zero-order valence-corrected chi connectivity index (χ0v) is 25.5. The number of anilines is 1. The van der Waals surface area contributed by atoms with Gasteiger partial charge in [-0.05, 0) is 47.3 Å². The molecule has 0 bridgehead atoms. The SMILES string of the molecule is CSCCC(C(=O)Nc1c(C#N)c(-c2ccccc2)c(-c2ccccc2)n1Cc1ccccc1)N1C(=O)c2ccccc2C1=O. The molecule has 0 fully saturated rings. The summed E-state index contributed by atoms with van der Waals surface area (Å²) < 4.78 is 1.96. The first-order chi connectivity index (χ1) is 22.0. The normalized spacial score (nSPS) is 12.9. The van der Waals surface area contributed by atoms with Crippen LogP contribution in [-0.4, -0.2) is 45.2 Å². The van der Waals surface area contributed by atoms with Crippen LogP contribution in [0.2, 0.25) is 0 Å². The highest BCUT2D eigenvalue weighted by Crippen LogP contribution is 2.42. The molecule has 0 spiro atoms. The van der Waals surface area contributed by atoms with Crippen LogP contribution in [-0.2, 0) is 11.3 Å². The number of nitrogens with zero attached hydrogens (tertiary/aromatic N) is 3. The van der Waals surface area contributed by atoms with Crippen LogP contribution in [0.3, 0.4) is 0 Å². The molecular weight excluding hydrogens is 580 g/mol. The van der Waals surface area contributed by atoms with E-state index in [4.69, 9.17) is 0 Å². The van der Waals surface area contributed by atoms with Crippen molar-refractivity contribution in [3.05, 3.63) is 138 Å². The Kier molecular flexibility index (Phi) is 8.63. The lowest BCUT2D eigenvalue weighted by Crippen LogP contribution is -2.47. The lowest BCUT2D eigenvalue weighted by Gasteiger charge is -2.26. The van der Waals surface area contributed by atoms with Crippen LogP contribution >= 0.6 is 11.8 Å². The number of carbonyl (C=O) groups is 3. The van der Waals surface area contributed by atoms with Crippen molar-refractivity contribution in [2.45, 2.75) is 19.0 Å². The maximum atomic E-state index is 14.3. The third-order valence-corrected chi connectivity index (χ3v) is 8.59. The Morgan fingerprint density at radius 3 is 1.89 bits per heavy atom. The Balaban J connectivity index is 1.52. The predicted molar refractivity (Wildman–Crippen MR) is 178 cm³/mol. The van der Waals surface area contributed by atoms with Crippen LogP contribution in [0.25, 0.3) is 22.4 Å². The highest BCUT2D eigenvalue weighted by Gasteiger charge is 2.43. The number of amides is 3. The van der Waals surface area contributed by atoms with E-state index in [2.05, 4.69) is 11.4 Å². The minimum atomic E-state index is -1.07. The summed E-state index contributed by atoms with van der Waals surface area (Å²) in [6, 6.07) is 37.2. The summed E-state index contributed by atoms with van der Waals surface area (Å²) >= 11 is 1.53. The van der Waals surface area contributed by atoms with Gasteiger partial charge in [-0.3, -0.25) is 19.3 Å². The van der Waals surface area contributed by atoms with Crippen LogP contribution in [0.4, 0.5) is 5.82 Å². The number of nitriles is 1. The van der Waals surface area contributed by atoms with Crippen LogP contribution in [0.15, 0.2) is 115 Å². The van der Waals surface area contributed by atoms with Crippen LogP contribution in [0, 0.1) is 11.3 Å². The maximum Gasteiger partial charge on any atom is 0.262 e. The molecule has 0 aliphatic carbocycles. The number of imide groups is 1. The van der Waals surface area contributed by atoms with Crippen molar-refractivity contribution in [2.75, 3.05) is 17.3 Å². The molecule has 1 unspecified atom stereocenters. The van der Waals surface area contributed by atoms with Crippen molar-refractivity contribution in [3.8, 4) is 28.5 Å². The van der Waals surface area contributed by atoms with Gasteiger partial charge in [0.05, 0.1) is 16.8 Å². The molecule has 1 N–H and O–H groups in total. The van der Waals surface area contributed by atoms with Crippen molar-refractivity contribution in [1.82, 2.24) is 9.47 Å². The molecular formula is C37H30N4O3S. The molecule has 0 saturated heterocycles. The van der Waals surface area contributed by atoms with Crippen LogP contribution in [0.5, 0.6) is 0 Å². The Morgan fingerprint density at radius 1 is 0.800 bits per heavy atom. The van der Waals surface area contributed by atoms with E-state index >= 15 is 0 Å². The minimum Gasteiger partial charge on any atom is -0.321 e. The van der Waals surface area contributed by atoms with Gasteiger partial charge in [0.2, 0.25) is 5.91 Å². The van der Waals surface area contributed by atoms with E-state index in [9.17, 15) is 19.6 Å². The third-order valence-electron chi connectivity index (χ3n) is 7.95. The number of nitrogens with one attached hydrogen (secondary N) is 1. The number of hydrogen-bond acceptors (Lipinski definition) is 5. The lowest BCUT2D eigenvalue weighted by atomic mass is 9.98. The summed E-state index contributed by atoms with van der Waals surface area (Å²) in [5.41, 5.74) is 5.02. The molecule has 4 aromatic carbocycles. The number of carbonyl (C=O) groups excluding carboxylic acids is 3. The van der Waals surface area contributed by atoms with Gasteiger partial charge in [0.25, 0.3) is 11.8 Å². The van der Waals surface area contributed by atoms with E-state index in [1.807, 2.05) is 102 Å². The number of rotatable bonds is 10. The van der Waals surface area contributed by atoms with E-state index in [-0.39, 0.29) is 17.5 Å². The highest BCUT2D eigenvalue weighted by molar-refractivity contribution is 7.98. The van der Waals surface area contributed by atoms with Gasteiger partial charge in [0.1, 0.15) is 23.5 Å². The molecule has 45 heavy (non-hydrogen) atoms. The van der Waals surface area contributed by atoms with E-state index in [0.717, 1.165) is 27.3 Å². The van der Waals surface area contributed by atoms with Crippen LogP contribution in [0.1, 0.15) is 38.3 Å². The van der Waals surface area contributed by atoms with Gasteiger partial charge in [-0.2, -0.15) is 17.0 Å². The maximum absolute atomic E-state index is 14.3. The molecule has 1 aliphatic rings. The molecule has 1 atom stereocenters. The number of thioether (sulfide) groups is 1.